The highest BCUT2D eigenvalue weighted by Crippen LogP contribution is 2.49. The molecule has 7 heteroatoms. The molecule has 1 fully saturated rings. The molecule has 1 aliphatic rings. The smallest absolute Gasteiger partial charge is 0.338 e. The third-order valence-corrected chi connectivity index (χ3v) is 3.45. The van der Waals surface area contributed by atoms with Crippen molar-refractivity contribution in [3.8, 4) is 0 Å². The zero-order valence-corrected chi connectivity index (χ0v) is 10.5. The maximum Gasteiger partial charge on any atom is 0.411 e. The lowest BCUT2D eigenvalue weighted by Crippen LogP contribution is -2.48. The molecule has 0 aromatic heterocycles. The van der Waals surface area contributed by atoms with Crippen LogP contribution in [0.1, 0.15) is 23.2 Å². The Morgan fingerprint density at radius 2 is 1.94 bits per heavy atom. The van der Waals surface area contributed by atoms with Crippen molar-refractivity contribution < 1.29 is 22.4 Å². The number of halogens is 5. The molecule has 1 aromatic carbocycles. The van der Waals surface area contributed by atoms with Gasteiger partial charge in [0.15, 0.2) is 0 Å². The fraction of sp³-hybridized carbons (Fsp3) is 0.364. The van der Waals surface area contributed by atoms with Crippen LogP contribution in [0.5, 0.6) is 0 Å². The summed E-state index contributed by atoms with van der Waals surface area (Å²) in [6, 6.07) is 3.89. The molecule has 1 aromatic rings. The molecule has 1 saturated carbocycles. The third-order valence-electron chi connectivity index (χ3n) is 2.84. The molecule has 0 bridgehead atoms. The lowest BCUT2D eigenvalue weighted by Gasteiger charge is -2.20. The molecule has 98 valence electrons. The van der Waals surface area contributed by atoms with Crippen LogP contribution in [0.25, 0.3) is 0 Å². The summed E-state index contributed by atoms with van der Waals surface area (Å²) in [6.45, 7) is 0. The second-order valence-electron chi connectivity index (χ2n) is 4.14. The summed E-state index contributed by atoms with van der Waals surface area (Å²) < 4.78 is 51.5. The first-order chi connectivity index (χ1) is 8.27. The molecule has 0 heterocycles. The van der Waals surface area contributed by atoms with Gasteiger partial charge in [-0.05, 0) is 40.9 Å². The van der Waals surface area contributed by atoms with Crippen LogP contribution < -0.4 is 5.32 Å². The highest BCUT2D eigenvalue weighted by Gasteiger charge is 2.64. The van der Waals surface area contributed by atoms with E-state index in [0.717, 1.165) is 6.07 Å². The molecule has 2 rings (SSSR count). The number of hydrogen-bond acceptors (Lipinski definition) is 1. The molecule has 18 heavy (non-hydrogen) atoms. The predicted octanol–water partition coefficient (Wildman–Crippen LogP) is 3.41. The zero-order chi connectivity index (χ0) is 13.6. The van der Waals surface area contributed by atoms with Gasteiger partial charge in [-0.2, -0.15) is 13.2 Å². The molecule has 1 N–H and O–H groups in total. The summed E-state index contributed by atoms with van der Waals surface area (Å²) in [5.74, 6) is -1.92. The van der Waals surface area contributed by atoms with Crippen LogP contribution in [0.15, 0.2) is 22.7 Å². The van der Waals surface area contributed by atoms with E-state index in [-0.39, 0.29) is 17.3 Å². The summed E-state index contributed by atoms with van der Waals surface area (Å²) in [7, 11) is 0. The van der Waals surface area contributed by atoms with Gasteiger partial charge in [-0.15, -0.1) is 0 Å². The first kappa shape index (κ1) is 13.3. The van der Waals surface area contributed by atoms with Crippen LogP contribution in [0, 0.1) is 5.82 Å². The molecule has 1 aliphatic carbocycles. The van der Waals surface area contributed by atoms with Gasteiger partial charge < -0.3 is 5.32 Å². The van der Waals surface area contributed by atoms with E-state index in [2.05, 4.69) is 15.9 Å². The Kier molecular flexibility index (Phi) is 3.12. The van der Waals surface area contributed by atoms with E-state index in [1.165, 1.54) is 12.1 Å². The van der Waals surface area contributed by atoms with Crippen LogP contribution in [0.4, 0.5) is 17.6 Å². The number of alkyl halides is 3. The molecular weight excluding hydrogens is 318 g/mol. The number of carbonyl (C=O) groups excluding carboxylic acids is 1. The quantitative estimate of drug-likeness (QED) is 0.829. The van der Waals surface area contributed by atoms with Crippen molar-refractivity contribution in [3.05, 3.63) is 34.1 Å². The van der Waals surface area contributed by atoms with Gasteiger partial charge in [0, 0.05) is 0 Å². The van der Waals surface area contributed by atoms with Crippen molar-refractivity contribution in [1.82, 2.24) is 5.32 Å². The van der Waals surface area contributed by atoms with Crippen molar-refractivity contribution in [2.75, 3.05) is 0 Å². The van der Waals surface area contributed by atoms with Crippen molar-refractivity contribution in [2.24, 2.45) is 0 Å². The van der Waals surface area contributed by atoms with E-state index < -0.39 is 29.0 Å². The largest absolute Gasteiger partial charge is 0.411 e. The Hall–Kier alpha value is -1.11. The summed E-state index contributed by atoms with van der Waals surface area (Å²) >= 11 is 2.87. The zero-order valence-electron chi connectivity index (χ0n) is 8.94. The van der Waals surface area contributed by atoms with Crippen LogP contribution in [-0.2, 0) is 0 Å². The fourth-order valence-electron chi connectivity index (χ4n) is 1.57. The van der Waals surface area contributed by atoms with Crippen molar-refractivity contribution >= 4 is 21.8 Å². The summed E-state index contributed by atoms with van der Waals surface area (Å²) in [6.07, 6.45) is -4.85. The predicted molar refractivity (Wildman–Crippen MR) is 59.6 cm³/mol. The molecule has 1 amide bonds. The van der Waals surface area contributed by atoms with Crippen molar-refractivity contribution in [1.29, 1.82) is 0 Å². The SMILES string of the molecule is O=C(NC1(C(F)(F)F)CC1)c1cccc(Br)c1F. The van der Waals surface area contributed by atoms with Crippen molar-refractivity contribution in [2.45, 2.75) is 24.6 Å². The lowest BCUT2D eigenvalue weighted by atomic mass is 10.1. The van der Waals surface area contributed by atoms with E-state index in [4.69, 9.17) is 0 Å². The number of benzene rings is 1. The summed E-state index contributed by atoms with van der Waals surface area (Å²) in [5, 5.41) is 1.87. The average molecular weight is 326 g/mol. The Morgan fingerprint density at radius 3 is 2.44 bits per heavy atom. The number of amides is 1. The van der Waals surface area contributed by atoms with Gasteiger partial charge in [-0.3, -0.25) is 4.79 Å². The van der Waals surface area contributed by atoms with Gasteiger partial charge in [0.2, 0.25) is 0 Å². The minimum absolute atomic E-state index is 0.0343. The van der Waals surface area contributed by atoms with Crippen LogP contribution in [-0.4, -0.2) is 17.6 Å². The normalized spacial score (nSPS) is 17.4. The number of nitrogens with one attached hydrogen (secondary N) is 1. The third kappa shape index (κ3) is 2.23. The molecule has 0 radical (unpaired) electrons. The van der Waals surface area contributed by atoms with Crippen LogP contribution >= 0.6 is 15.9 Å². The maximum atomic E-state index is 13.6. The highest BCUT2D eigenvalue weighted by molar-refractivity contribution is 9.10. The second-order valence-corrected chi connectivity index (χ2v) is 4.99. The monoisotopic (exact) mass is 325 g/mol. The van der Waals surface area contributed by atoms with Gasteiger partial charge in [0.1, 0.15) is 11.4 Å². The van der Waals surface area contributed by atoms with Gasteiger partial charge in [-0.1, -0.05) is 6.07 Å². The van der Waals surface area contributed by atoms with Crippen molar-refractivity contribution in [3.63, 3.8) is 0 Å². The number of rotatable bonds is 2. The Labute approximate surface area is 108 Å². The van der Waals surface area contributed by atoms with Crippen LogP contribution in [0.3, 0.4) is 0 Å². The van der Waals surface area contributed by atoms with Gasteiger partial charge in [-0.25, -0.2) is 4.39 Å². The fourth-order valence-corrected chi connectivity index (χ4v) is 1.93. The van der Waals surface area contributed by atoms with Gasteiger partial charge >= 0.3 is 6.18 Å². The Morgan fingerprint density at radius 1 is 1.33 bits per heavy atom. The minimum atomic E-state index is -4.51. The van der Waals surface area contributed by atoms with E-state index in [1.807, 2.05) is 5.32 Å². The van der Waals surface area contributed by atoms with E-state index in [1.54, 1.807) is 0 Å². The summed E-state index contributed by atoms with van der Waals surface area (Å²) in [4.78, 5) is 11.6. The standard InChI is InChI=1S/C11H8BrF4NO/c12-7-3-1-2-6(8(7)13)9(18)17-10(4-5-10)11(14,15)16/h1-3H,4-5H2,(H,17,18). The first-order valence-corrected chi connectivity index (χ1v) is 5.89. The molecule has 2 nitrogen and oxygen atoms in total. The average Bonchev–Trinajstić information content (AvgIpc) is 3.02. The van der Waals surface area contributed by atoms with E-state index in [0.29, 0.717) is 0 Å². The van der Waals surface area contributed by atoms with Gasteiger partial charge in [0.25, 0.3) is 5.91 Å². The molecule has 0 spiro atoms. The van der Waals surface area contributed by atoms with E-state index >= 15 is 0 Å². The molecule has 0 aliphatic heterocycles. The highest BCUT2D eigenvalue weighted by atomic mass is 79.9. The topological polar surface area (TPSA) is 29.1 Å². The second kappa shape index (κ2) is 4.22. The van der Waals surface area contributed by atoms with Crippen LogP contribution in [0.2, 0.25) is 0 Å². The Balaban J connectivity index is 2.21. The molecule has 0 unspecified atom stereocenters. The lowest BCUT2D eigenvalue weighted by molar-refractivity contribution is -0.163. The van der Waals surface area contributed by atoms with E-state index in [9.17, 15) is 22.4 Å². The number of hydrogen-bond donors (Lipinski definition) is 1. The minimum Gasteiger partial charge on any atom is -0.338 e. The molecule has 0 saturated heterocycles. The first-order valence-electron chi connectivity index (χ1n) is 5.10. The van der Waals surface area contributed by atoms with Gasteiger partial charge in [0.05, 0.1) is 10.0 Å². The summed E-state index contributed by atoms with van der Waals surface area (Å²) in [5.41, 5.74) is -2.58. The maximum absolute atomic E-state index is 13.6. The number of carbonyl (C=O) groups is 1. The molecular formula is C11H8BrF4NO. The molecule has 0 atom stereocenters. The Bertz CT molecular complexity index is 496.